The molecule has 0 spiro atoms. The number of benzene rings is 2. The molecule has 0 aliphatic carbocycles. The van der Waals surface area contributed by atoms with E-state index in [2.05, 4.69) is 5.10 Å². The maximum absolute atomic E-state index is 12.6. The van der Waals surface area contributed by atoms with Crippen molar-refractivity contribution in [2.75, 3.05) is 14.2 Å². The first-order chi connectivity index (χ1) is 12.6. The van der Waals surface area contributed by atoms with Crippen molar-refractivity contribution >= 4 is 17.5 Å². The summed E-state index contributed by atoms with van der Waals surface area (Å²) >= 11 is 6.18. The van der Waals surface area contributed by atoms with Gasteiger partial charge in [-0.25, -0.2) is 0 Å². The van der Waals surface area contributed by atoms with Gasteiger partial charge in [0.25, 0.3) is 5.91 Å². The van der Waals surface area contributed by atoms with E-state index >= 15 is 0 Å². The van der Waals surface area contributed by atoms with Gasteiger partial charge in [0.2, 0.25) is 0 Å². The van der Waals surface area contributed by atoms with Gasteiger partial charge in [-0.3, -0.25) is 9.48 Å². The molecule has 26 heavy (non-hydrogen) atoms. The molecule has 0 unspecified atom stereocenters. The van der Waals surface area contributed by atoms with Crippen molar-refractivity contribution in [3.63, 3.8) is 0 Å². The lowest BCUT2D eigenvalue weighted by Gasteiger charge is -2.16. The molecule has 1 heterocycles. The summed E-state index contributed by atoms with van der Waals surface area (Å²) in [6.45, 7) is 1.04. The van der Waals surface area contributed by atoms with Crippen LogP contribution in [0.1, 0.15) is 21.5 Å². The molecule has 0 saturated carbocycles. The van der Waals surface area contributed by atoms with Gasteiger partial charge in [0.05, 0.1) is 25.4 Å². The number of hydrogen-bond acceptors (Lipinski definition) is 3. The van der Waals surface area contributed by atoms with Gasteiger partial charge < -0.3 is 9.64 Å². The van der Waals surface area contributed by atoms with Crippen LogP contribution >= 0.6 is 11.6 Å². The van der Waals surface area contributed by atoms with E-state index in [0.717, 1.165) is 16.9 Å². The van der Waals surface area contributed by atoms with Crippen LogP contribution in [0.2, 0.25) is 5.02 Å². The first kappa shape index (κ1) is 18.0. The molecule has 0 saturated heterocycles. The molecule has 0 fully saturated rings. The third-order valence-corrected chi connectivity index (χ3v) is 4.46. The van der Waals surface area contributed by atoms with Crippen LogP contribution in [0.25, 0.3) is 0 Å². The lowest BCUT2D eigenvalue weighted by atomic mass is 10.2. The Morgan fingerprint density at radius 2 is 1.92 bits per heavy atom. The van der Waals surface area contributed by atoms with Crippen molar-refractivity contribution in [1.82, 2.24) is 14.7 Å². The summed E-state index contributed by atoms with van der Waals surface area (Å²) in [6, 6.07) is 15.3. The molecule has 0 bridgehead atoms. The Kier molecular flexibility index (Phi) is 5.58. The zero-order valence-corrected chi connectivity index (χ0v) is 15.5. The highest BCUT2D eigenvalue weighted by molar-refractivity contribution is 6.31. The number of carbonyl (C=O) groups excluding carboxylic acids is 1. The fraction of sp³-hybridized carbons (Fsp3) is 0.200. The van der Waals surface area contributed by atoms with Crippen molar-refractivity contribution in [2.45, 2.75) is 13.1 Å². The Hall–Kier alpha value is -2.79. The van der Waals surface area contributed by atoms with E-state index in [1.165, 1.54) is 0 Å². The molecule has 134 valence electrons. The molecule has 0 aliphatic heterocycles. The van der Waals surface area contributed by atoms with Gasteiger partial charge in [0.15, 0.2) is 0 Å². The smallest absolute Gasteiger partial charge is 0.257 e. The minimum absolute atomic E-state index is 0.0776. The molecule has 1 amide bonds. The summed E-state index contributed by atoms with van der Waals surface area (Å²) in [6.07, 6.45) is 3.33. The second kappa shape index (κ2) is 8.06. The van der Waals surface area contributed by atoms with Gasteiger partial charge >= 0.3 is 0 Å². The second-order valence-corrected chi connectivity index (χ2v) is 6.43. The number of rotatable bonds is 6. The van der Waals surface area contributed by atoms with Crippen LogP contribution in [0.5, 0.6) is 5.75 Å². The quantitative estimate of drug-likeness (QED) is 0.662. The number of carbonyl (C=O) groups is 1. The average molecular weight is 370 g/mol. The predicted molar refractivity (Wildman–Crippen MR) is 102 cm³/mol. The standard InChI is InChI=1S/C20H20ClN3O2/c1-23(12-15-7-9-18(26-2)10-8-15)20(25)17-11-22-24(14-17)13-16-5-3-4-6-19(16)21/h3-11,14H,12-13H2,1-2H3. The highest BCUT2D eigenvalue weighted by atomic mass is 35.5. The number of aromatic nitrogens is 2. The summed E-state index contributed by atoms with van der Waals surface area (Å²) in [5.41, 5.74) is 2.54. The van der Waals surface area contributed by atoms with Gasteiger partial charge in [-0.2, -0.15) is 5.10 Å². The average Bonchev–Trinajstić information content (AvgIpc) is 3.12. The van der Waals surface area contributed by atoms with Crippen LogP contribution in [0, 0.1) is 0 Å². The van der Waals surface area contributed by atoms with Crippen molar-refractivity contribution < 1.29 is 9.53 Å². The molecule has 0 aliphatic rings. The number of nitrogens with zero attached hydrogens (tertiary/aromatic N) is 3. The summed E-state index contributed by atoms with van der Waals surface area (Å²) in [7, 11) is 3.41. The Labute approximate surface area is 157 Å². The number of halogens is 1. The SMILES string of the molecule is COc1ccc(CN(C)C(=O)c2cnn(Cc3ccccc3Cl)c2)cc1. The Morgan fingerprint density at radius 1 is 1.19 bits per heavy atom. The van der Waals surface area contributed by atoms with E-state index in [1.54, 1.807) is 36.1 Å². The van der Waals surface area contributed by atoms with Crippen LogP contribution in [0.4, 0.5) is 0 Å². The van der Waals surface area contributed by atoms with Gasteiger partial charge in [-0.1, -0.05) is 41.9 Å². The van der Waals surface area contributed by atoms with Crippen LogP contribution < -0.4 is 4.74 Å². The Balaban J connectivity index is 1.65. The molecule has 3 rings (SSSR count). The zero-order valence-electron chi connectivity index (χ0n) is 14.7. The zero-order chi connectivity index (χ0) is 18.5. The first-order valence-corrected chi connectivity index (χ1v) is 8.59. The topological polar surface area (TPSA) is 47.4 Å². The van der Waals surface area contributed by atoms with Gasteiger partial charge in [-0.15, -0.1) is 0 Å². The van der Waals surface area contributed by atoms with Crippen molar-refractivity contribution in [1.29, 1.82) is 0 Å². The maximum atomic E-state index is 12.6. The minimum Gasteiger partial charge on any atom is -0.497 e. The van der Waals surface area contributed by atoms with E-state index < -0.39 is 0 Å². The van der Waals surface area contributed by atoms with Gasteiger partial charge in [-0.05, 0) is 29.3 Å². The number of methoxy groups -OCH3 is 1. The molecular weight excluding hydrogens is 350 g/mol. The largest absolute Gasteiger partial charge is 0.497 e. The lowest BCUT2D eigenvalue weighted by Crippen LogP contribution is -2.25. The summed E-state index contributed by atoms with van der Waals surface area (Å²) in [5, 5.41) is 4.97. The molecule has 0 radical (unpaired) electrons. The van der Waals surface area contributed by atoms with E-state index in [-0.39, 0.29) is 5.91 Å². The minimum atomic E-state index is -0.0776. The number of ether oxygens (including phenoxy) is 1. The van der Waals surface area contributed by atoms with Crippen molar-refractivity contribution in [3.05, 3.63) is 82.6 Å². The van der Waals surface area contributed by atoms with Gasteiger partial charge in [0, 0.05) is 24.8 Å². The summed E-state index contributed by atoms with van der Waals surface area (Å²) in [4.78, 5) is 14.3. The van der Waals surface area contributed by atoms with Gasteiger partial charge in [0.1, 0.15) is 5.75 Å². The van der Waals surface area contributed by atoms with E-state index in [1.807, 2.05) is 48.5 Å². The number of amides is 1. The fourth-order valence-corrected chi connectivity index (χ4v) is 2.85. The normalized spacial score (nSPS) is 10.6. The number of hydrogen-bond donors (Lipinski definition) is 0. The second-order valence-electron chi connectivity index (χ2n) is 6.03. The molecule has 0 atom stereocenters. The molecule has 0 N–H and O–H groups in total. The maximum Gasteiger partial charge on any atom is 0.257 e. The molecule has 6 heteroatoms. The Bertz CT molecular complexity index is 890. The summed E-state index contributed by atoms with van der Waals surface area (Å²) < 4.78 is 6.87. The lowest BCUT2D eigenvalue weighted by molar-refractivity contribution is 0.0785. The van der Waals surface area contributed by atoms with Crippen LogP contribution in [0.15, 0.2) is 60.9 Å². The fourth-order valence-electron chi connectivity index (χ4n) is 2.66. The molecule has 5 nitrogen and oxygen atoms in total. The van der Waals surface area contributed by atoms with E-state index in [4.69, 9.17) is 16.3 Å². The van der Waals surface area contributed by atoms with E-state index in [9.17, 15) is 4.79 Å². The molecule has 1 aromatic heterocycles. The van der Waals surface area contributed by atoms with Crippen molar-refractivity contribution in [3.8, 4) is 5.75 Å². The predicted octanol–water partition coefficient (Wildman–Crippen LogP) is 3.87. The first-order valence-electron chi connectivity index (χ1n) is 8.21. The third kappa shape index (κ3) is 4.24. The highest BCUT2D eigenvalue weighted by Crippen LogP contribution is 2.17. The summed E-state index contributed by atoms with van der Waals surface area (Å²) in [5.74, 6) is 0.717. The molecular formula is C20H20ClN3O2. The van der Waals surface area contributed by atoms with Crippen molar-refractivity contribution in [2.24, 2.45) is 0 Å². The molecule has 3 aromatic rings. The van der Waals surface area contributed by atoms with Crippen LogP contribution in [-0.4, -0.2) is 34.7 Å². The highest BCUT2D eigenvalue weighted by Gasteiger charge is 2.14. The monoisotopic (exact) mass is 369 g/mol. The molecule has 2 aromatic carbocycles. The van der Waals surface area contributed by atoms with E-state index in [0.29, 0.717) is 23.7 Å². The third-order valence-electron chi connectivity index (χ3n) is 4.10. The Morgan fingerprint density at radius 3 is 2.62 bits per heavy atom. The van der Waals surface area contributed by atoms with Crippen LogP contribution in [-0.2, 0) is 13.1 Å². The van der Waals surface area contributed by atoms with Crippen LogP contribution in [0.3, 0.4) is 0 Å².